The molecule has 0 radical (unpaired) electrons. The normalized spacial score (nSPS) is 10.4. The van der Waals surface area contributed by atoms with E-state index in [0.717, 1.165) is 5.56 Å². The first-order chi connectivity index (χ1) is 8.58. The fourth-order valence-corrected chi connectivity index (χ4v) is 2.16. The van der Waals surface area contributed by atoms with Crippen molar-refractivity contribution in [3.8, 4) is 11.5 Å². The molecule has 0 saturated heterocycles. The maximum atomic E-state index is 13.2. The summed E-state index contributed by atoms with van der Waals surface area (Å²) in [6, 6.07) is 9.48. The van der Waals surface area contributed by atoms with Crippen LogP contribution in [0.1, 0.15) is 5.56 Å². The van der Waals surface area contributed by atoms with Gasteiger partial charge in [0.2, 0.25) is 0 Å². The predicted octanol–water partition coefficient (Wildman–Crippen LogP) is 4.49. The topological polar surface area (TPSA) is 35.2 Å². The van der Waals surface area contributed by atoms with Crippen molar-refractivity contribution in [2.45, 2.75) is 6.54 Å². The molecule has 0 aliphatic carbocycles. The first-order valence-corrected chi connectivity index (χ1v) is 6.38. The van der Waals surface area contributed by atoms with Gasteiger partial charge in [0.1, 0.15) is 17.3 Å². The van der Waals surface area contributed by atoms with Crippen molar-refractivity contribution in [1.82, 2.24) is 0 Å². The second-order valence-electron chi connectivity index (χ2n) is 3.66. The summed E-state index contributed by atoms with van der Waals surface area (Å²) in [6.45, 7) is 0.298. The number of hydrogen-bond donors (Lipinski definition) is 1. The standard InChI is InChI=1S/C13H10BrClFNO/c14-9-4-11(16)6-12(5-9)18-13-2-1-10(15)3-8(13)7-17/h1-6H,7,17H2. The van der Waals surface area contributed by atoms with Crippen LogP contribution in [-0.2, 0) is 6.54 Å². The van der Waals surface area contributed by atoms with Crippen molar-refractivity contribution in [3.63, 3.8) is 0 Å². The van der Waals surface area contributed by atoms with Crippen LogP contribution in [0.15, 0.2) is 40.9 Å². The zero-order valence-corrected chi connectivity index (χ0v) is 11.6. The zero-order valence-electron chi connectivity index (χ0n) is 9.29. The molecule has 18 heavy (non-hydrogen) atoms. The monoisotopic (exact) mass is 329 g/mol. The van der Waals surface area contributed by atoms with E-state index in [4.69, 9.17) is 22.1 Å². The van der Waals surface area contributed by atoms with E-state index in [0.29, 0.717) is 27.5 Å². The van der Waals surface area contributed by atoms with Crippen molar-refractivity contribution >= 4 is 27.5 Å². The molecule has 0 aromatic heterocycles. The number of halogens is 3. The molecular weight excluding hydrogens is 321 g/mol. The molecule has 0 saturated carbocycles. The average molecular weight is 331 g/mol. The summed E-state index contributed by atoms with van der Waals surface area (Å²) in [6.07, 6.45) is 0. The van der Waals surface area contributed by atoms with Gasteiger partial charge in [-0.15, -0.1) is 0 Å². The lowest BCUT2D eigenvalue weighted by molar-refractivity contribution is 0.470. The van der Waals surface area contributed by atoms with Gasteiger partial charge in [-0.1, -0.05) is 27.5 Å². The fourth-order valence-electron chi connectivity index (χ4n) is 1.52. The molecule has 0 spiro atoms. The minimum Gasteiger partial charge on any atom is -0.457 e. The smallest absolute Gasteiger partial charge is 0.132 e. The van der Waals surface area contributed by atoms with E-state index < -0.39 is 0 Å². The summed E-state index contributed by atoms with van der Waals surface area (Å²) in [5.74, 6) is 0.598. The molecular formula is C13H10BrClFNO. The molecule has 0 atom stereocenters. The molecule has 0 fully saturated rings. The number of hydrogen-bond acceptors (Lipinski definition) is 2. The molecule has 5 heteroatoms. The second-order valence-corrected chi connectivity index (χ2v) is 5.02. The fraction of sp³-hybridized carbons (Fsp3) is 0.0769. The van der Waals surface area contributed by atoms with Crippen LogP contribution in [0.5, 0.6) is 11.5 Å². The Morgan fingerprint density at radius 3 is 2.67 bits per heavy atom. The molecule has 0 heterocycles. The van der Waals surface area contributed by atoms with E-state index in [1.54, 1.807) is 24.3 Å². The van der Waals surface area contributed by atoms with Gasteiger partial charge in [0.25, 0.3) is 0 Å². The summed E-state index contributed by atoms with van der Waals surface area (Å²) in [4.78, 5) is 0. The van der Waals surface area contributed by atoms with E-state index in [1.165, 1.54) is 12.1 Å². The van der Waals surface area contributed by atoms with E-state index >= 15 is 0 Å². The molecule has 0 aliphatic heterocycles. The van der Waals surface area contributed by atoms with Gasteiger partial charge in [-0.05, 0) is 30.3 Å². The highest BCUT2D eigenvalue weighted by Crippen LogP contribution is 2.29. The molecule has 2 aromatic rings. The average Bonchev–Trinajstić information content (AvgIpc) is 2.30. The van der Waals surface area contributed by atoms with Crippen LogP contribution < -0.4 is 10.5 Å². The van der Waals surface area contributed by atoms with Crippen LogP contribution in [-0.4, -0.2) is 0 Å². The highest BCUT2D eigenvalue weighted by Gasteiger charge is 2.06. The van der Waals surface area contributed by atoms with Gasteiger partial charge in [0, 0.05) is 27.7 Å². The number of benzene rings is 2. The maximum Gasteiger partial charge on any atom is 0.132 e. The van der Waals surface area contributed by atoms with Gasteiger partial charge in [-0.3, -0.25) is 0 Å². The Balaban J connectivity index is 2.33. The van der Waals surface area contributed by atoms with Crippen molar-refractivity contribution < 1.29 is 9.13 Å². The van der Waals surface area contributed by atoms with Crippen LogP contribution >= 0.6 is 27.5 Å². The summed E-state index contributed by atoms with van der Waals surface area (Å²) >= 11 is 9.08. The number of nitrogens with two attached hydrogens (primary N) is 1. The molecule has 0 bridgehead atoms. The Morgan fingerprint density at radius 1 is 1.22 bits per heavy atom. The van der Waals surface area contributed by atoms with E-state index in [-0.39, 0.29) is 5.82 Å². The van der Waals surface area contributed by atoms with Gasteiger partial charge in [-0.25, -0.2) is 4.39 Å². The first-order valence-electron chi connectivity index (χ1n) is 5.21. The molecule has 94 valence electrons. The highest BCUT2D eigenvalue weighted by atomic mass is 79.9. The lowest BCUT2D eigenvalue weighted by Crippen LogP contribution is -1.99. The van der Waals surface area contributed by atoms with Crippen molar-refractivity contribution in [1.29, 1.82) is 0 Å². The summed E-state index contributed by atoms with van der Waals surface area (Å²) < 4.78 is 19.4. The van der Waals surface area contributed by atoms with Gasteiger partial charge in [0.05, 0.1) is 0 Å². The largest absolute Gasteiger partial charge is 0.457 e. The molecule has 2 nitrogen and oxygen atoms in total. The molecule has 0 unspecified atom stereocenters. The lowest BCUT2D eigenvalue weighted by Gasteiger charge is -2.10. The van der Waals surface area contributed by atoms with Crippen molar-refractivity contribution in [3.05, 3.63) is 57.3 Å². The molecule has 2 rings (SSSR count). The van der Waals surface area contributed by atoms with Gasteiger partial charge in [0.15, 0.2) is 0 Å². The SMILES string of the molecule is NCc1cc(Cl)ccc1Oc1cc(F)cc(Br)c1. The maximum absolute atomic E-state index is 13.2. The number of ether oxygens (including phenoxy) is 1. The van der Waals surface area contributed by atoms with E-state index in [9.17, 15) is 4.39 Å². The summed E-state index contributed by atoms with van der Waals surface area (Å²) in [5, 5.41) is 0.586. The minimum absolute atomic E-state index is 0.298. The molecule has 0 aliphatic rings. The minimum atomic E-state index is -0.373. The first kappa shape index (κ1) is 13.3. The summed E-state index contributed by atoms with van der Waals surface area (Å²) in [5.41, 5.74) is 6.38. The molecule has 0 amide bonds. The number of rotatable bonds is 3. The zero-order chi connectivity index (χ0) is 13.1. The van der Waals surface area contributed by atoms with Crippen LogP contribution in [0, 0.1) is 5.82 Å². The lowest BCUT2D eigenvalue weighted by atomic mass is 10.2. The quantitative estimate of drug-likeness (QED) is 0.899. The van der Waals surface area contributed by atoms with E-state index in [2.05, 4.69) is 15.9 Å². The van der Waals surface area contributed by atoms with Gasteiger partial charge in [-0.2, -0.15) is 0 Å². The Bertz CT molecular complexity index is 557. The van der Waals surface area contributed by atoms with Crippen molar-refractivity contribution in [2.24, 2.45) is 5.73 Å². The van der Waals surface area contributed by atoms with Gasteiger partial charge >= 0.3 is 0 Å². The Labute approximate surface area is 118 Å². The third-order valence-corrected chi connectivity index (χ3v) is 3.00. The third kappa shape index (κ3) is 3.22. The Hall–Kier alpha value is -1.10. The van der Waals surface area contributed by atoms with Crippen LogP contribution in [0.3, 0.4) is 0 Å². The second kappa shape index (κ2) is 5.69. The Morgan fingerprint density at radius 2 is 2.00 bits per heavy atom. The molecule has 2 N–H and O–H groups in total. The highest BCUT2D eigenvalue weighted by molar-refractivity contribution is 9.10. The summed E-state index contributed by atoms with van der Waals surface area (Å²) in [7, 11) is 0. The van der Waals surface area contributed by atoms with Crippen LogP contribution in [0.25, 0.3) is 0 Å². The third-order valence-electron chi connectivity index (χ3n) is 2.31. The predicted molar refractivity (Wildman–Crippen MR) is 73.5 cm³/mol. The van der Waals surface area contributed by atoms with Gasteiger partial charge < -0.3 is 10.5 Å². The van der Waals surface area contributed by atoms with Crippen LogP contribution in [0.2, 0.25) is 5.02 Å². The van der Waals surface area contributed by atoms with Crippen molar-refractivity contribution in [2.75, 3.05) is 0 Å². The van der Waals surface area contributed by atoms with Crippen LogP contribution in [0.4, 0.5) is 4.39 Å². The van der Waals surface area contributed by atoms with E-state index in [1.807, 2.05) is 0 Å². The molecule has 2 aromatic carbocycles. The Kier molecular flexibility index (Phi) is 4.22.